The molecule has 1 fully saturated rings. The number of alkyl halides is 3. The lowest BCUT2D eigenvalue weighted by atomic mass is 10.1. The number of rotatable bonds is 5. The van der Waals surface area contributed by atoms with Gasteiger partial charge in [-0.3, -0.25) is 14.5 Å². The molecule has 0 unspecified atom stereocenters. The number of nitrogens with one attached hydrogen (secondary N) is 1. The minimum Gasteiger partial charge on any atom is -0.492 e. The number of hydrogen-bond acceptors (Lipinski definition) is 4. The summed E-state index contributed by atoms with van der Waals surface area (Å²) in [5, 5.41) is 2.55. The molecular weight excluding hydrogens is 351 g/mol. The maximum absolute atomic E-state index is 12.7. The van der Waals surface area contributed by atoms with E-state index in [4.69, 9.17) is 4.74 Å². The molecule has 0 saturated carbocycles. The summed E-state index contributed by atoms with van der Waals surface area (Å²) >= 11 is 0. The molecule has 0 aromatic heterocycles. The molecule has 6 nitrogen and oxygen atoms in total. The van der Waals surface area contributed by atoms with Crippen LogP contribution < -0.4 is 10.1 Å². The molecule has 1 aliphatic rings. The topological polar surface area (TPSA) is 61.9 Å². The Bertz CT molecular complexity index is 652. The van der Waals surface area contributed by atoms with Gasteiger partial charge in [-0.2, -0.15) is 13.2 Å². The van der Waals surface area contributed by atoms with Gasteiger partial charge in [-0.25, -0.2) is 0 Å². The highest BCUT2D eigenvalue weighted by Gasteiger charge is 2.33. The molecule has 0 spiro atoms. The van der Waals surface area contributed by atoms with E-state index in [0.29, 0.717) is 26.2 Å². The average Bonchev–Trinajstić information content (AvgIpc) is 2.60. The molecule has 1 atom stereocenters. The van der Waals surface area contributed by atoms with Crippen LogP contribution in [-0.4, -0.2) is 67.5 Å². The molecular formula is C17H22F3N3O3. The molecule has 26 heavy (non-hydrogen) atoms. The third-order valence-corrected chi connectivity index (χ3v) is 4.26. The van der Waals surface area contributed by atoms with Gasteiger partial charge in [0.25, 0.3) is 0 Å². The Morgan fingerprint density at radius 2 is 2.04 bits per heavy atom. The fourth-order valence-electron chi connectivity index (χ4n) is 2.87. The third-order valence-electron chi connectivity index (χ3n) is 4.26. The van der Waals surface area contributed by atoms with E-state index in [0.717, 1.165) is 12.1 Å². The molecule has 0 radical (unpaired) electrons. The molecule has 0 bridgehead atoms. The van der Waals surface area contributed by atoms with Crippen LogP contribution in [0.25, 0.3) is 0 Å². The highest BCUT2D eigenvalue weighted by Crippen LogP contribution is 2.31. The van der Waals surface area contributed by atoms with Crippen molar-refractivity contribution in [3.8, 4) is 5.75 Å². The second-order valence-electron chi connectivity index (χ2n) is 6.02. The van der Waals surface area contributed by atoms with Gasteiger partial charge in [0.1, 0.15) is 18.4 Å². The fourth-order valence-corrected chi connectivity index (χ4v) is 2.87. The number of nitrogens with zero attached hydrogens (tertiary/aromatic N) is 2. The molecule has 2 rings (SSSR count). The summed E-state index contributed by atoms with van der Waals surface area (Å²) in [4.78, 5) is 27.1. The van der Waals surface area contributed by atoms with Crippen molar-refractivity contribution in [3.63, 3.8) is 0 Å². The van der Waals surface area contributed by atoms with Crippen molar-refractivity contribution >= 4 is 11.8 Å². The zero-order valence-corrected chi connectivity index (χ0v) is 14.7. The normalized spacial score (nSPS) is 18.5. The predicted molar refractivity (Wildman–Crippen MR) is 88.6 cm³/mol. The lowest BCUT2D eigenvalue weighted by Crippen LogP contribution is -2.60. The van der Waals surface area contributed by atoms with Gasteiger partial charge in [-0.15, -0.1) is 0 Å². The van der Waals surface area contributed by atoms with E-state index in [1.807, 2.05) is 4.90 Å². The van der Waals surface area contributed by atoms with Crippen molar-refractivity contribution in [2.45, 2.75) is 19.1 Å². The molecule has 0 aliphatic carbocycles. The van der Waals surface area contributed by atoms with Gasteiger partial charge in [-0.1, -0.05) is 6.07 Å². The van der Waals surface area contributed by atoms with Crippen LogP contribution in [-0.2, 0) is 15.8 Å². The van der Waals surface area contributed by atoms with E-state index in [9.17, 15) is 22.8 Å². The van der Waals surface area contributed by atoms with Crippen molar-refractivity contribution in [2.24, 2.45) is 0 Å². The van der Waals surface area contributed by atoms with Gasteiger partial charge in [-0.05, 0) is 18.2 Å². The highest BCUT2D eigenvalue weighted by atomic mass is 19.4. The summed E-state index contributed by atoms with van der Waals surface area (Å²) in [5.41, 5.74) is -0.759. The first kappa shape index (κ1) is 20.0. The quantitative estimate of drug-likeness (QED) is 0.847. The first-order chi connectivity index (χ1) is 12.2. The zero-order chi connectivity index (χ0) is 19.3. The number of carbonyl (C=O) groups excluding carboxylic acids is 2. The monoisotopic (exact) mass is 373 g/mol. The molecule has 1 aliphatic heterocycles. The maximum atomic E-state index is 12.7. The number of halogens is 3. The lowest BCUT2D eigenvalue weighted by molar-refractivity contribution is -0.142. The van der Waals surface area contributed by atoms with Crippen molar-refractivity contribution in [2.75, 3.05) is 39.8 Å². The SMILES string of the molecule is CNC(=O)[C@@H]1CN(CCOc2cccc(C(F)(F)F)c2)CCN1C(C)=O. The summed E-state index contributed by atoms with van der Waals surface area (Å²) in [7, 11) is 1.51. The Kier molecular flexibility index (Phi) is 6.47. The number of piperazine rings is 1. The van der Waals surface area contributed by atoms with Gasteiger partial charge in [0.2, 0.25) is 11.8 Å². The van der Waals surface area contributed by atoms with Crippen molar-refractivity contribution < 1.29 is 27.5 Å². The number of hydrogen-bond donors (Lipinski definition) is 1. The maximum Gasteiger partial charge on any atom is 0.416 e. The molecule has 1 heterocycles. The minimum atomic E-state index is -4.41. The second kappa shape index (κ2) is 8.39. The number of carbonyl (C=O) groups is 2. The average molecular weight is 373 g/mol. The summed E-state index contributed by atoms with van der Waals surface area (Å²) in [6.45, 7) is 3.38. The predicted octanol–water partition coefficient (Wildman–Crippen LogP) is 1.36. The fraction of sp³-hybridized carbons (Fsp3) is 0.529. The molecule has 2 amide bonds. The van der Waals surface area contributed by atoms with Crippen LogP contribution in [0, 0.1) is 0 Å². The van der Waals surface area contributed by atoms with Crippen LogP contribution in [0.2, 0.25) is 0 Å². The van der Waals surface area contributed by atoms with E-state index in [2.05, 4.69) is 5.32 Å². The van der Waals surface area contributed by atoms with Crippen molar-refractivity contribution in [3.05, 3.63) is 29.8 Å². The number of ether oxygens (including phenoxy) is 1. The van der Waals surface area contributed by atoms with Gasteiger partial charge in [0, 0.05) is 40.2 Å². The summed E-state index contributed by atoms with van der Waals surface area (Å²) in [6, 6.07) is 4.13. The summed E-state index contributed by atoms with van der Waals surface area (Å²) in [6.07, 6.45) is -4.41. The van der Waals surface area contributed by atoms with E-state index in [-0.39, 0.29) is 24.2 Å². The Morgan fingerprint density at radius 1 is 1.31 bits per heavy atom. The Balaban J connectivity index is 1.90. The summed E-state index contributed by atoms with van der Waals surface area (Å²) < 4.78 is 43.5. The van der Waals surface area contributed by atoms with Crippen molar-refractivity contribution in [1.29, 1.82) is 0 Å². The van der Waals surface area contributed by atoms with Crippen LogP contribution in [0.15, 0.2) is 24.3 Å². The van der Waals surface area contributed by atoms with Crippen LogP contribution in [0.4, 0.5) is 13.2 Å². The Labute approximate surface area is 149 Å². The van der Waals surface area contributed by atoms with E-state index in [1.165, 1.54) is 31.0 Å². The molecule has 1 N–H and O–H groups in total. The Morgan fingerprint density at radius 3 is 2.65 bits per heavy atom. The summed E-state index contributed by atoms with van der Waals surface area (Å²) in [5.74, 6) is -0.271. The van der Waals surface area contributed by atoms with Crippen LogP contribution in [0.3, 0.4) is 0 Å². The van der Waals surface area contributed by atoms with Crippen molar-refractivity contribution in [1.82, 2.24) is 15.1 Å². The molecule has 9 heteroatoms. The molecule has 1 aromatic carbocycles. The van der Waals surface area contributed by atoms with Gasteiger partial charge in [0.15, 0.2) is 0 Å². The largest absolute Gasteiger partial charge is 0.492 e. The molecule has 144 valence electrons. The smallest absolute Gasteiger partial charge is 0.416 e. The van der Waals surface area contributed by atoms with E-state index in [1.54, 1.807) is 0 Å². The number of amides is 2. The Hall–Kier alpha value is -2.29. The van der Waals surface area contributed by atoms with Gasteiger partial charge < -0.3 is 15.0 Å². The first-order valence-electron chi connectivity index (χ1n) is 8.23. The lowest BCUT2D eigenvalue weighted by Gasteiger charge is -2.39. The van der Waals surface area contributed by atoms with E-state index >= 15 is 0 Å². The third kappa shape index (κ3) is 5.10. The van der Waals surface area contributed by atoms with Gasteiger partial charge in [0.05, 0.1) is 5.56 Å². The standard InChI is InChI=1S/C17H22F3N3O3/c1-12(24)23-7-6-22(11-15(23)16(25)21-2)8-9-26-14-5-3-4-13(10-14)17(18,19)20/h3-5,10,15H,6-9,11H2,1-2H3,(H,21,25)/t15-/m0/s1. The zero-order valence-electron chi connectivity index (χ0n) is 14.7. The molecule has 1 aromatic rings. The van der Waals surface area contributed by atoms with Crippen LogP contribution in [0.5, 0.6) is 5.75 Å². The number of likely N-dealkylation sites (N-methyl/N-ethyl adjacent to an activating group) is 1. The highest BCUT2D eigenvalue weighted by molar-refractivity contribution is 5.87. The van der Waals surface area contributed by atoms with Crippen LogP contribution in [0.1, 0.15) is 12.5 Å². The van der Waals surface area contributed by atoms with Gasteiger partial charge >= 0.3 is 6.18 Å². The first-order valence-corrected chi connectivity index (χ1v) is 8.23. The van der Waals surface area contributed by atoms with Crippen LogP contribution >= 0.6 is 0 Å². The second-order valence-corrected chi connectivity index (χ2v) is 6.02. The number of benzene rings is 1. The minimum absolute atomic E-state index is 0.144. The van der Waals surface area contributed by atoms with E-state index < -0.39 is 17.8 Å². The molecule has 1 saturated heterocycles.